The normalized spacial score (nSPS) is 11.0. The molecule has 0 amide bonds. The summed E-state index contributed by atoms with van der Waals surface area (Å²) in [4.78, 5) is 14.9. The highest BCUT2D eigenvalue weighted by molar-refractivity contribution is 9.10. The second kappa shape index (κ2) is 5.70. The summed E-state index contributed by atoms with van der Waals surface area (Å²) in [6.45, 7) is 2.51. The smallest absolute Gasteiger partial charge is 0.272 e. The topological polar surface area (TPSA) is 61.0 Å². The summed E-state index contributed by atoms with van der Waals surface area (Å²) < 4.78 is 2.49. The molecule has 0 fully saturated rings. The van der Waals surface area contributed by atoms with E-state index in [2.05, 4.69) is 20.9 Å². The van der Waals surface area contributed by atoms with Crippen LogP contribution in [0.2, 0.25) is 5.02 Å². The molecule has 0 unspecified atom stereocenters. The van der Waals surface area contributed by atoms with E-state index in [9.17, 15) is 10.1 Å². The van der Waals surface area contributed by atoms with E-state index in [1.165, 1.54) is 12.1 Å². The molecule has 22 heavy (non-hydrogen) atoms. The molecule has 0 saturated carbocycles. The Balaban J connectivity index is 2.11. The number of nitro benzene ring substituents is 1. The lowest BCUT2D eigenvalue weighted by molar-refractivity contribution is -0.384. The van der Waals surface area contributed by atoms with Crippen LogP contribution in [0, 0.1) is 17.0 Å². The maximum atomic E-state index is 11.0. The number of fused-ring (bicyclic) bond motifs is 1. The first-order valence-electron chi connectivity index (χ1n) is 6.50. The van der Waals surface area contributed by atoms with Crippen molar-refractivity contribution in [1.29, 1.82) is 0 Å². The van der Waals surface area contributed by atoms with E-state index in [-0.39, 0.29) is 5.69 Å². The fourth-order valence-corrected chi connectivity index (χ4v) is 3.08. The molecule has 7 heteroatoms. The average molecular weight is 381 g/mol. The van der Waals surface area contributed by atoms with E-state index in [4.69, 9.17) is 11.6 Å². The molecule has 0 aliphatic heterocycles. The maximum absolute atomic E-state index is 11.0. The number of hydrogen-bond acceptors (Lipinski definition) is 3. The van der Waals surface area contributed by atoms with Crippen LogP contribution < -0.4 is 0 Å². The summed E-state index contributed by atoms with van der Waals surface area (Å²) in [5, 5.41) is 11.7. The molecule has 112 valence electrons. The molecular formula is C15H11BrClN3O2. The second-order valence-corrected chi connectivity index (χ2v) is 6.21. The molecule has 0 saturated heterocycles. The first kappa shape index (κ1) is 15.0. The van der Waals surface area contributed by atoms with E-state index in [1.54, 1.807) is 6.33 Å². The molecule has 0 N–H and O–H groups in total. The SMILES string of the molecule is Cc1c(Cl)cccc1Cn1cnc2c(Br)cc([N+](=O)[O-])cc21. The Morgan fingerprint density at radius 2 is 2.18 bits per heavy atom. The Bertz CT molecular complexity index is 892. The van der Waals surface area contributed by atoms with E-state index >= 15 is 0 Å². The van der Waals surface area contributed by atoms with Gasteiger partial charge >= 0.3 is 0 Å². The van der Waals surface area contributed by atoms with E-state index in [1.807, 2.05) is 29.7 Å². The molecule has 2 aromatic carbocycles. The number of nitro groups is 1. The molecule has 0 aliphatic rings. The predicted molar refractivity (Wildman–Crippen MR) is 89.4 cm³/mol. The van der Waals surface area contributed by atoms with Crippen molar-refractivity contribution in [3.05, 3.63) is 67.4 Å². The number of benzene rings is 2. The molecule has 3 aromatic rings. The van der Waals surface area contributed by atoms with Gasteiger partial charge in [0.15, 0.2) is 0 Å². The van der Waals surface area contributed by atoms with Crippen LogP contribution in [0.1, 0.15) is 11.1 Å². The van der Waals surface area contributed by atoms with Gasteiger partial charge in [0.2, 0.25) is 0 Å². The number of hydrogen-bond donors (Lipinski definition) is 0. The van der Waals surface area contributed by atoms with Gasteiger partial charge in [-0.25, -0.2) is 4.98 Å². The third kappa shape index (κ3) is 2.60. The molecule has 1 aromatic heterocycles. The summed E-state index contributed by atoms with van der Waals surface area (Å²) >= 11 is 9.48. The first-order valence-corrected chi connectivity index (χ1v) is 7.67. The highest BCUT2D eigenvalue weighted by atomic mass is 79.9. The number of imidazole rings is 1. The zero-order valence-electron chi connectivity index (χ0n) is 11.6. The monoisotopic (exact) mass is 379 g/mol. The van der Waals surface area contributed by atoms with Gasteiger partial charge < -0.3 is 4.57 Å². The molecule has 0 spiro atoms. The third-order valence-electron chi connectivity index (χ3n) is 3.60. The van der Waals surface area contributed by atoms with Crippen molar-refractivity contribution >= 4 is 44.3 Å². The van der Waals surface area contributed by atoms with E-state index < -0.39 is 4.92 Å². The third-order valence-corrected chi connectivity index (χ3v) is 4.61. The summed E-state index contributed by atoms with van der Waals surface area (Å²) in [6.07, 6.45) is 1.68. The zero-order valence-corrected chi connectivity index (χ0v) is 13.9. The van der Waals surface area contributed by atoms with Gasteiger partial charge in [-0.05, 0) is 40.0 Å². The van der Waals surface area contributed by atoms with Crippen LogP contribution in [0.15, 0.2) is 41.1 Å². The Morgan fingerprint density at radius 3 is 2.91 bits per heavy atom. The number of aromatic nitrogens is 2. The minimum atomic E-state index is -0.411. The van der Waals surface area contributed by atoms with Crippen molar-refractivity contribution in [1.82, 2.24) is 9.55 Å². The minimum absolute atomic E-state index is 0.0314. The quantitative estimate of drug-likeness (QED) is 0.488. The fourth-order valence-electron chi connectivity index (χ4n) is 2.35. The maximum Gasteiger partial charge on any atom is 0.272 e. The van der Waals surface area contributed by atoms with Crippen molar-refractivity contribution in [3.8, 4) is 0 Å². The van der Waals surface area contributed by atoms with Gasteiger partial charge in [-0.1, -0.05) is 23.7 Å². The Morgan fingerprint density at radius 1 is 1.41 bits per heavy atom. The number of nitrogens with zero attached hydrogens (tertiary/aromatic N) is 3. The van der Waals surface area contributed by atoms with Crippen LogP contribution in [0.3, 0.4) is 0 Å². The molecule has 1 heterocycles. The van der Waals surface area contributed by atoms with Crippen molar-refractivity contribution in [2.45, 2.75) is 13.5 Å². The standard InChI is InChI=1S/C15H11BrClN3O2/c1-9-10(3-2-4-13(9)17)7-19-8-18-15-12(16)5-11(20(21)22)6-14(15)19/h2-6,8H,7H2,1H3. The van der Waals surface area contributed by atoms with Crippen molar-refractivity contribution in [3.63, 3.8) is 0 Å². The van der Waals surface area contributed by atoms with Crippen molar-refractivity contribution in [2.24, 2.45) is 0 Å². The highest BCUT2D eigenvalue weighted by Crippen LogP contribution is 2.29. The lowest BCUT2D eigenvalue weighted by atomic mass is 10.1. The molecule has 3 rings (SSSR count). The first-order chi connectivity index (χ1) is 10.5. The van der Waals surface area contributed by atoms with Gasteiger partial charge in [0.05, 0.1) is 21.2 Å². The highest BCUT2D eigenvalue weighted by Gasteiger charge is 2.15. The molecular weight excluding hydrogens is 370 g/mol. The number of non-ortho nitro benzene ring substituents is 1. The van der Waals surface area contributed by atoms with Gasteiger partial charge in [-0.3, -0.25) is 10.1 Å². The zero-order chi connectivity index (χ0) is 15.9. The van der Waals surface area contributed by atoms with Crippen molar-refractivity contribution in [2.75, 3.05) is 0 Å². The van der Waals surface area contributed by atoms with Crippen LogP contribution >= 0.6 is 27.5 Å². The number of halogens is 2. The molecule has 5 nitrogen and oxygen atoms in total. The van der Waals surface area contributed by atoms with Crippen LogP contribution in [0.5, 0.6) is 0 Å². The summed E-state index contributed by atoms with van der Waals surface area (Å²) in [5.74, 6) is 0. The van der Waals surface area contributed by atoms with Gasteiger partial charge in [-0.15, -0.1) is 0 Å². The lowest BCUT2D eigenvalue weighted by Gasteiger charge is -2.09. The summed E-state index contributed by atoms with van der Waals surface area (Å²) in [7, 11) is 0. The lowest BCUT2D eigenvalue weighted by Crippen LogP contribution is -2.01. The van der Waals surface area contributed by atoms with Crippen LogP contribution in [-0.2, 0) is 6.54 Å². The van der Waals surface area contributed by atoms with Gasteiger partial charge in [0.25, 0.3) is 5.69 Å². The van der Waals surface area contributed by atoms with E-state index in [0.29, 0.717) is 27.1 Å². The minimum Gasteiger partial charge on any atom is -0.326 e. The van der Waals surface area contributed by atoms with E-state index in [0.717, 1.165) is 11.1 Å². The van der Waals surface area contributed by atoms with Crippen LogP contribution in [-0.4, -0.2) is 14.5 Å². The average Bonchev–Trinajstić information content (AvgIpc) is 2.87. The van der Waals surface area contributed by atoms with Gasteiger partial charge in [0.1, 0.15) is 5.52 Å². The molecule has 0 bridgehead atoms. The van der Waals surface area contributed by atoms with Crippen LogP contribution in [0.25, 0.3) is 11.0 Å². The summed E-state index contributed by atoms with van der Waals surface area (Å²) in [6, 6.07) is 8.71. The molecule has 0 aliphatic carbocycles. The van der Waals surface area contributed by atoms with Gasteiger partial charge in [0, 0.05) is 23.7 Å². The van der Waals surface area contributed by atoms with Crippen LogP contribution in [0.4, 0.5) is 5.69 Å². The largest absolute Gasteiger partial charge is 0.326 e. The Labute approximate surface area is 139 Å². The summed E-state index contributed by atoms with van der Waals surface area (Å²) in [5.41, 5.74) is 3.49. The fraction of sp³-hybridized carbons (Fsp3) is 0.133. The molecule has 0 atom stereocenters. The Kier molecular flexibility index (Phi) is 3.88. The predicted octanol–water partition coefficient (Wildman–Crippen LogP) is 4.72. The van der Waals surface area contributed by atoms with Gasteiger partial charge in [-0.2, -0.15) is 0 Å². The Hall–Kier alpha value is -1.92. The molecule has 0 radical (unpaired) electrons. The van der Waals surface area contributed by atoms with Crippen molar-refractivity contribution < 1.29 is 4.92 Å². The second-order valence-electron chi connectivity index (χ2n) is 4.95. The number of rotatable bonds is 3.